The predicted molar refractivity (Wildman–Crippen MR) is 85.8 cm³/mol. The van der Waals surface area contributed by atoms with E-state index in [0.717, 1.165) is 12.8 Å². The number of ether oxygens (including phenoxy) is 2. The van der Waals surface area contributed by atoms with Gasteiger partial charge >= 0.3 is 5.97 Å². The maximum atomic E-state index is 12.2. The third-order valence-corrected chi connectivity index (χ3v) is 3.44. The number of benzene rings is 1. The molecule has 0 heterocycles. The third kappa shape index (κ3) is 6.03. The van der Waals surface area contributed by atoms with Gasteiger partial charge in [0.1, 0.15) is 17.4 Å². The van der Waals surface area contributed by atoms with E-state index in [2.05, 4.69) is 13.5 Å². The van der Waals surface area contributed by atoms with Crippen molar-refractivity contribution in [2.45, 2.75) is 51.6 Å². The Morgan fingerprint density at radius 2 is 1.95 bits per heavy atom. The molecule has 116 valence electrons. The first-order valence-corrected chi connectivity index (χ1v) is 7.69. The van der Waals surface area contributed by atoms with Crippen LogP contribution in [0.2, 0.25) is 0 Å². The number of carbonyl (C=O) groups excluding carboxylic acids is 1. The molecule has 21 heavy (non-hydrogen) atoms. The van der Waals surface area contributed by atoms with Gasteiger partial charge in [0.2, 0.25) is 0 Å². The molecule has 0 bridgehead atoms. The molecule has 1 aromatic rings. The normalized spacial score (nSPS) is 11.7. The van der Waals surface area contributed by atoms with Gasteiger partial charge in [-0.1, -0.05) is 57.4 Å². The van der Waals surface area contributed by atoms with E-state index in [1.165, 1.54) is 25.7 Å². The van der Waals surface area contributed by atoms with Crippen LogP contribution in [0, 0.1) is 0 Å². The quantitative estimate of drug-likeness (QED) is 0.354. The molecule has 0 unspecified atom stereocenters. The Morgan fingerprint density at radius 1 is 1.24 bits per heavy atom. The predicted octanol–water partition coefficient (Wildman–Crippen LogP) is 4.77. The van der Waals surface area contributed by atoms with Crippen molar-refractivity contribution >= 4 is 5.97 Å². The molecule has 0 radical (unpaired) electrons. The summed E-state index contributed by atoms with van der Waals surface area (Å²) in [7, 11) is 1.55. The zero-order valence-electron chi connectivity index (χ0n) is 13.1. The average Bonchev–Trinajstić information content (AvgIpc) is 2.53. The summed E-state index contributed by atoms with van der Waals surface area (Å²) >= 11 is 0. The summed E-state index contributed by atoms with van der Waals surface area (Å²) in [4.78, 5) is 12.2. The van der Waals surface area contributed by atoms with Gasteiger partial charge in [0.05, 0.1) is 7.11 Å². The van der Waals surface area contributed by atoms with Crippen LogP contribution in [0.1, 0.15) is 55.8 Å². The summed E-state index contributed by atoms with van der Waals surface area (Å²) in [5.41, 5.74) is 0.456. The van der Waals surface area contributed by atoms with Crippen molar-refractivity contribution in [2.75, 3.05) is 7.11 Å². The average molecular weight is 290 g/mol. The van der Waals surface area contributed by atoms with Gasteiger partial charge in [-0.15, -0.1) is 0 Å². The molecule has 1 rings (SSSR count). The largest absolute Gasteiger partial charge is 0.496 e. The maximum Gasteiger partial charge on any atom is 0.342 e. The Labute approximate surface area is 128 Å². The van der Waals surface area contributed by atoms with E-state index < -0.39 is 0 Å². The monoisotopic (exact) mass is 290 g/mol. The molecular weight excluding hydrogens is 264 g/mol. The standard InChI is InChI=1S/C18H26O3/c1-4-6-7-8-9-12-15(5-2)21-18(19)16-13-10-11-14-17(16)20-3/h5,10-11,13-15H,2,4,6-9,12H2,1,3H3/t15-/m0/s1. The second kappa shape index (κ2) is 10.0. The zero-order valence-corrected chi connectivity index (χ0v) is 13.1. The van der Waals surface area contributed by atoms with Crippen molar-refractivity contribution in [1.29, 1.82) is 0 Å². The van der Waals surface area contributed by atoms with Crippen molar-refractivity contribution in [2.24, 2.45) is 0 Å². The molecule has 0 spiro atoms. The van der Waals surface area contributed by atoms with E-state index in [0.29, 0.717) is 11.3 Å². The summed E-state index contributed by atoms with van der Waals surface area (Å²) in [6.45, 7) is 5.95. The van der Waals surface area contributed by atoms with Crippen LogP contribution in [0.15, 0.2) is 36.9 Å². The van der Waals surface area contributed by atoms with Crippen LogP contribution >= 0.6 is 0 Å². The first kappa shape index (κ1) is 17.3. The van der Waals surface area contributed by atoms with Crippen molar-refractivity contribution in [1.82, 2.24) is 0 Å². The number of hydrogen-bond donors (Lipinski definition) is 0. The minimum Gasteiger partial charge on any atom is -0.496 e. The van der Waals surface area contributed by atoms with Gasteiger partial charge in [-0.2, -0.15) is 0 Å². The molecule has 0 aliphatic carbocycles. The van der Waals surface area contributed by atoms with Gasteiger partial charge in [0.25, 0.3) is 0 Å². The van der Waals surface area contributed by atoms with Gasteiger partial charge in [-0.05, 0) is 25.0 Å². The molecule has 3 nitrogen and oxygen atoms in total. The SMILES string of the molecule is C=C[C@@H](CCCCCCC)OC(=O)c1ccccc1OC. The number of esters is 1. The summed E-state index contributed by atoms with van der Waals surface area (Å²) in [6.07, 6.45) is 8.25. The highest BCUT2D eigenvalue weighted by atomic mass is 16.5. The van der Waals surface area contributed by atoms with Gasteiger partial charge in [0, 0.05) is 0 Å². The Kier molecular flexibility index (Phi) is 8.25. The van der Waals surface area contributed by atoms with Gasteiger partial charge in [0.15, 0.2) is 0 Å². The van der Waals surface area contributed by atoms with E-state index in [9.17, 15) is 4.79 Å². The first-order chi connectivity index (χ1) is 10.2. The van der Waals surface area contributed by atoms with Crippen LogP contribution in [0.25, 0.3) is 0 Å². The van der Waals surface area contributed by atoms with Gasteiger partial charge < -0.3 is 9.47 Å². The summed E-state index contributed by atoms with van der Waals surface area (Å²) < 4.78 is 10.7. The minimum atomic E-state index is -0.356. The minimum absolute atomic E-state index is 0.232. The summed E-state index contributed by atoms with van der Waals surface area (Å²) in [5.74, 6) is 0.180. The van der Waals surface area contributed by atoms with E-state index in [4.69, 9.17) is 9.47 Å². The smallest absolute Gasteiger partial charge is 0.342 e. The molecule has 1 atom stereocenters. The highest BCUT2D eigenvalue weighted by molar-refractivity contribution is 5.92. The summed E-state index contributed by atoms with van der Waals surface area (Å²) in [5, 5.41) is 0. The molecular formula is C18H26O3. The number of para-hydroxylation sites is 1. The second-order valence-corrected chi connectivity index (χ2v) is 5.08. The highest BCUT2D eigenvalue weighted by Crippen LogP contribution is 2.20. The lowest BCUT2D eigenvalue weighted by Crippen LogP contribution is -2.16. The number of methoxy groups -OCH3 is 1. The molecule has 3 heteroatoms. The van der Waals surface area contributed by atoms with E-state index in [-0.39, 0.29) is 12.1 Å². The fourth-order valence-electron chi connectivity index (χ4n) is 2.19. The van der Waals surface area contributed by atoms with Crippen LogP contribution in [0.4, 0.5) is 0 Å². The van der Waals surface area contributed by atoms with Gasteiger partial charge in [-0.3, -0.25) is 0 Å². The second-order valence-electron chi connectivity index (χ2n) is 5.08. The fraction of sp³-hybridized carbons (Fsp3) is 0.500. The molecule has 0 aliphatic heterocycles. The number of unbranched alkanes of at least 4 members (excludes halogenated alkanes) is 4. The van der Waals surface area contributed by atoms with Crippen molar-refractivity contribution in [3.05, 3.63) is 42.5 Å². The van der Waals surface area contributed by atoms with Crippen LogP contribution < -0.4 is 4.74 Å². The number of carbonyl (C=O) groups is 1. The first-order valence-electron chi connectivity index (χ1n) is 7.69. The van der Waals surface area contributed by atoms with Crippen LogP contribution in [-0.2, 0) is 4.74 Å². The Morgan fingerprint density at radius 3 is 2.62 bits per heavy atom. The molecule has 0 fully saturated rings. The van der Waals surface area contributed by atoms with Crippen LogP contribution in [0.5, 0.6) is 5.75 Å². The Bertz CT molecular complexity index is 440. The lowest BCUT2D eigenvalue weighted by molar-refractivity contribution is 0.0373. The maximum absolute atomic E-state index is 12.2. The van der Waals surface area contributed by atoms with E-state index in [1.807, 2.05) is 6.07 Å². The van der Waals surface area contributed by atoms with Crippen molar-refractivity contribution < 1.29 is 14.3 Å². The topological polar surface area (TPSA) is 35.5 Å². The third-order valence-electron chi connectivity index (χ3n) is 3.44. The van der Waals surface area contributed by atoms with Crippen molar-refractivity contribution in [3.8, 4) is 5.75 Å². The summed E-state index contributed by atoms with van der Waals surface area (Å²) in [6, 6.07) is 7.09. The molecule has 0 amide bonds. The van der Waals surface area contributed by atoms with Crippen molar-refractivity contribution in [3.63, 3.8) is 0 Å². The Hall–Kier alpha value is -1.77. The molecule has 0 saturated carbocycles. The van der Waals surface area contributed by atoms with E-state index in [1.54, 1.807) is 31.4 Å². The van der Waals surface area contributed by atoms with Crippen LogP contribution in [0.3, 0.4) is 0 Å². The Balaban J connectivity index is 2.48. The molecule has 0 aliphatic rings. The highest BCUT2D eigenvalue weighted by Gasteiger charge is 2.16. The molecule has 0 N–H and O–H groups in total. The van der Waals surface area contributed by atoms with Crippen LogP contribution in [-0.4, -0.2) is 19.2 Å². The number of rotatable bonds is 10. The van der Waals surface area contributed by atoms with E-state index >= 15 is 0 Å². The van der Waals surface area contributed by atoms with Gasteiger partial charge in [-0.25, -0.2) is 4.79 Å². The molecule has 1 aromatic carbocycles. The molecule has 0 saturated heterocycles. The zero-order chi connectivity index (χ0) is 15.5. The lowest BCUT2D eigenvalue weighted by atomic mass is 10.1. The fourth-order valence-corrected chi connectivity index (χ4v) is 2.19. The lowest BCUT2D eigenvalue weighted by Gasteiger charge is -2.15. The number of hydrogen-bond acceptors (Lipinski definition) is 3. The molecule has 0 aromatic heterocycles.